The van der Waals surface area contributed by atoms with Gasteiger partial charge in [-0.3, -0.25) is 4.98 Å². The molecule has 1 aromatic carbocycles. The SMILES string of the molecule is O/N=C1/CCCc2ccc(OCCc3ccncc3)cc21. The monoisotopic (exact) mass is 282 g/mol. The summed E-state index contributed by atoms with van der Waals surface area (Å²) in [6.45, 7) is 0.619. The third kappa shape index (κ3) is 3.21. The molecule has 0 spiro atoms. The van der Waals surface area contributed by atoms with Gasteiger partial charge < -0.3 is 9.94 Å². The van der Waals surface area contributed by atoms with Gasteiger partial charge in [0.2, 0.25) is 0 Å². The smallest absolute Gasteiger partial charge is 0.119 e. The first-order valence-corrected chi connectivity index (χ1v) is 7.23. The average molecular weight is 282 g/mol. The highest BCUT2D eigenvalue weighted by Crippen LogP contribution is 2.26. The van der Waals surface area contributed by atoms with Crippen molar-refractivity contribution >= 4 is 5.71 Å². The largest absolute Gasteiger partial charge is 0.493 e. The van der Waals surface area contributed by atoms with Crippen LogP contribution in [-0.2, 0) is 12.8 Å². The van der Waals surface area contributed by atoms with E-state index in [1.54, 1.807) is 12.4 Å². The summed E-state index contributed by atoms with van der Waals surface area (Å²) in [5.41, 5.74) is 4.22. The van der Waals surface area contributed by atoms with Crippen LogP contribution in [0.15, 0.2) is 47.9 Å². The van der Waals surface area contributed by atoms with Crippen LogP contribution in [0.25, 0.3) is 0 Å². The van der Waals surface area contributed by atoms with Crippen LogP contribution in [0.4, 0.5) is 0 Å². The summed E-state index contributed by atoms with van der Waals surface area (Å²) >= 11 is 0. The van der Waals surface area contributed by atoms with Crippen molar-refractivity contribution in [1.29, 1.82) is 0 Å². The van der Waals surface area contributed by atoms with Crippen LogP contribution in [0, 0.1) is 0 Å². The molecule has 0 saturated heterocycles. The molecule has 0 bridgehead atoms. The predicted octanol–water partition coefficient (Wildman–Crippen LogP) is 3.22. The summed E-state index contributed by atoms with van der Waals surface area (Å²) in [6, 6.07) is 10.0. The van der Waals surface area contributed by atoms with Crippen LogP contribution in [0.2, 0.25) is 0 Å². The van der Waals surface area contributed by atoms with E-state index in [4.69, 9.17) is 9.94 Å². The van der Waals surface area contributed by atoms with Crippen molar-refractivity contribution in [2.75, 3.05) is 6.61 Å². The Hall–Kier alpha value is -2.36. The van der Waals surface area contributed by atoms with Gasteiger partial charge in [0, 0.05) is 24.4 Å². The van der Waals surface area contributed by atoms with Crippen molar-refractivity contribution < 1.29 is 9.94 Å². The zero-order valence-corrected chi connectivity index (χ0v) is 11.8. The minimum atomic E-state index is 0.619. The summed E-state index contributed by atoms with van der Waals surface area (Å²) < 4.78 is 5.81. The predicted molar refractivity (Wildman–Crippen MR) is 81.1 cm³/mol. The minimum absolute atomic E-state index is 0.619. The molecule has 0 amide bonds. The molecule has 4 heteroatoms. The Labute approximate surface area is 124 Å². The van der Waals surface area contributed by atoms with Gasteiger partial charge in [-0.15, -0.1) is 0 Å². The second-order valence-corrected chi connectivity index (χ2v) is 5.17. The third-order valence-corrected chi connectivity index (χ3v) is 3.78. The van der Waals surface area contributed by atoms with Gasteiger partial charge in [-0.25, -0.2) is 0 Å². The van der Waals surface area contributed by atoms with Crippen molar-refractivity contribution in [1.82, 2.24) is 4.98 Å². The number of hydrogen-bond donors (Lipinski definition) is 1. The van der Waals surface area contributed by atoms with Gasteiger partial charge in [-0.2, -0.15) is 0 Å². The maximum absolute atomic E-state index is 9.09. The molecule has 0 unspecified atom stereocenters. The molecule has 108 valence electrons. The lowest BCUT2D eigenvalue weighted by molar-refractivity contribution is 0.316. The summed E-state index contributed by atoms with van der Waals surface area (Å²) in [5, 5.41) is 12.5. The lowest BCUT2D eigenvalue weighted by Gasteiger charge is -2.18. The summed E-state index contributed by atoms with van der Waals surface area (Å²) in [5.74, 6) is 0.825. The highest BCUT2D eigenvalue weighted by Gasteiger charge is 2.16. The molecule has 1 heterocycles. The fourth-order valence-corrected chi connectivity index (χ4v) is 2.65. The number of hydrogen-bond acceptors (Lipinski definition) is 4. The molecule has 1 aromatic heterocycles. The molecule has 21 heavy (non-hydrogen) atoms. The van der Waals surface area contributed by atoms with Gasteiger partial charge in [0.25, 0.3) is 0 Å². The van der Waals surface area contributed by atoms with Gasteiger partial charge >= 0.3 is 0 Å². The molecule has 2 aromatic rings. The van der Waals surface area contributed by atoms with Gasteiger partial charge in [0.15, 0.2) is 0 Å². The third-order valence-electron chi connectivity index (χ3n) is 3.78. The Balaban J connectivity index is 1.67. The Kier molecular flexibility index (Phi) is 4.15. The topological polar surface area (TPSA) is 54.7 Å². The van der Waals surface area contributed by atoms with E-state index in [1.165, 1.54) is 11.1 Å². The molecular weight excluding hydrogens is 264 g/mol. The Morgan fingerprint density at radius 3 is 2.81 bits per heavy atom. The van der Waals surface area contributed by atoms with E-state index in [-0.39, 0.29) is 0 Å². The van der Waals surface area contributed by atoms with E-state index in [9.17, 15) is 0 Å². The number of aryl methyl sites for hydroxylation is 1. The first-order chi connectivity index (χ1) is 10.4. The molecule has 0 atom stereocenters. The van der Waals surface area contributed by atoms with Crippen molar-refractivity contribution in [3.63, 3.8) is 0 Å². The van der Waals surface area contributed by atoms with Gasteiger partial charge in [0.05, 0.1) is 12.3 Å². The Morgan fingerprint density at radius 1 is 1.14 bits per heavy atom. The number of oxime groups is 1. The molecule has 1 aliphatic carbocycles. The molecule has 0 aliphatic heterocycles. The number of benzene rings is 1. The van der Waals surface area contributed by atoms with Gasteiger partial charge in [0.1, 0.15) is 5.75 Å². The normalized spacial score (nSPS) is 15.7. The fraction of sp³-hybridized carbons (Fsp3) is 0.294. The zero-order chi connectivity index (χ0) is 14.5. The number of ether oxygens (including phenoxy) is 1. The van der Waals surface area contributed by atoms with Crippen molar-refractivity contribution in [2.45, 2.75) is 25.7 Å². The van der Waals surface area contributed by atoms with E-state index in [0.717, 1.165) is 42.7 Å². The van der Waals surface area contributed by atoms with Crippen molar-refractivity contribution in [3.05, 3.63) is 59.4 Å². The highest BCUT2D eigenvalue weighted by molar-refractivity contribution is 6.02. The van der Waals surface area contributed by atoms with Gasteiger partial charge in [-0.05, 0) is 54.7 Å². The number of rotatable bonds is 4. The summed E-state index contributed by atoms with van der Waals surface area (Å²) in [6.07, 6.45) is 7.32. The second kappa shape index (κ2) is 6.39. The van der Waals surface area contributed by atoms with Crippen LogP contribution < -0.4 is 4.74 Å². The second-order valence-electron chi connectivity index (χ2n) is 5.17. The molecule has 1 aliphatic rings. The first-order valence-electron chi connectivity index (χ1n) is 7.23. The van der Waals surface area contributed by atoms with Crippen LogP contribution in [0.3, 0.4) is 0 Å². The van der Waals surface area contributed by atoms with Crippen molar-refractivity contribution in [2.24, 2.45) is 5.16 Å². The molecule has 3 rings (SSSR count). The number of aromatic nitrogens is 1. The average Bonchev–Trinajstić information content (AvgIpc) is 2.55. The van der Waals surface area contributed by atoms with E-state index in [1.807, 2.05) is 24.3 Å². The first kappa shape index (κ1) is 13.6. The van der Waals surface area contributed by atoms with E-state index >= 15 is 0 Å². The lowest BCUT2D eigenvalue weighted by Crippen LogP contribution is -2.12. The molecule has 1 N–H and O–H groups in total. The molecule has 0 saturated carbocycles. The quantitative estimate of drug-likeness (QED) is 0.692. The molecular formula is C17H18N2O2. The van der Waals surface area contributed by atoms with Crippen molar-refractivity contribution in [3.8, 4) is 5.75 Å². The van der Waals surface area contributed by atoms with Crippen LogP contribution >= 0.6 is 0 Å². The maximum Gasteiger partial charge on any atom is 0.119 e. The van der Waals surface area contributed by atoms with E-state index in [2.05, 4.69) is 16.2 Å². The molecule has 0 fully saturated rings. The number of fused-ring (bicyclic) bond motifs is 1. The Morgan fingerprint density at radius 2 is 2.00 bits per heavy atom. The molecule has 0 radical (unpaired) electrons. The summed E-state index contributed by atoms with van der Waals surface area (Å²) in [4.78, 5) is 4.00. The van der Waals surface area contributed by atoms with Crippen LogP contribution in [-0.4, -0.2) is 22.5 Å². The van der Waals surface area contributed by atoms with Crippen LogP contribution in [0.5, 0.6) is 5.75 Å². The summed E-state index contributed by atoms with van der Waals surface area (Å²) in [7, 11) is 0. The number of pyridine rings is 1. The minimum Gasteiger partial charge on any atom is -0.493 e. The molecule has 4 nitrogen and oxygen atoms in total. The maximum atomic E-state index is 9.09. The van der Waals surface area contributed by atoms with Gasteiger partial charge in [-0.1, -0.05) is 11.2 Å². The number of nitrogens with zero attached hydrogens (tertiary/aromatic N) is 2. The standard InChI is InChI=1S/C17H18N2O2/c20-19-17-3-1-2-14-4-5-15(12-16(14)17)21-11-8-13-6-9-18-10-7-13/h4-7,9-10,12,20H,1-3,8,11H2/b19-17-. The Bertz CT molecular complexity index is 638. The fourth-order valence-electron chi connectivity index (χ4n) is 2.65. The highest BCUT2D eigenvalue weighted by atomic mass is 16.5. The van der Waals surface area contributed by atoms with E-state index < -0.39 is 0 Å². The zero-order valence-electron chi connectivity index (χ0n) is 11.8. The van der Waals surface area contributed by atoms with E-state index in [0.29, 0.717) is 6.61 Å². The lowest BCUT2D eigenvalue weighted by atomic mass is 9.90. The van der Waals surface area contributed by atoms with Crippen LogP contribution in [0.1, 0.15) is 29.5 Å².